The largest absolute Gasteiger partial charge is 0.388 e. The van der Waals surface area contributed by atoms with Crippen molar-refractivity contribution in [3.8, 4) is 0 Å². The lowest BCUT2D eigenvalue weighted by Crippen LogP contribution is -2.57. The second-order valence-electron chi connectivity index (χ2n) is 2.70. The maximum atomic E-state index is 10.6. The topological polar surface area (TPSA) is 113 Å². The molecule has 6 nitrogen and oxygen atoms in total. The average molecular weight is 177 g/mol. The predicted octanol–water partition coefficient (Wildman–Crippen LogP) is -3.05. The van der Waals surface area contributed by atoms with Gasteiger partial charge in [0, 0.05) is 0 Å². The highest BCUT2D eigenvalue weighted by Gasteiger charge is 2.40. The SMILES string of the molecule is NC(=O)C1OCC(O)C(O)C1O. The number of ether oxygens (including phenoxy) is 1. The lowest BCUT2D eigenvalue weighted by atomic mass is 10.00. The highest BCUT2D eigenvalue weighted by molar-refractivity contribution is 5.79. The van der Waals surface area contributed by atoms with Crippen molar-refractivity contribution in [3.05, 3.63) is 0 Å². The Balaban J connectivity index is 2.65. The van der Waals surface area contributed by atoms with Gasteiger partial charge in [-0.2, -0.15) is 0 Å². The number of carbonyl (C=O) groups excluding carboxylic acids is 1. The van der Waals surface area contributed by atoms with Gasteiger partial charge in [-0.3, -0.25) is 4.79 Å². The fourth-order valence-electron chi connectivity index (χ4n) is 1.06. The van der Waals surface area contributed by atoms with Crippen LogP contribution in [0.3, 0.4) is 0 Å². The van der Waals surface area contributed by atoms with E-state index in [1.807, 2.05) is 0 Å². The van der Waals surface area contributed by atoms with E-state index in [0.717, 1.165) is 0 Å². The van der Waals surface area contributed by atoms with Gasteiger partial charge in [0.25, 0.3) is 0 Å². The summed E-state index contributed by atoms with van der Waals surface area (Å²) >= 11 is 0. The van der Waals surface area contributed by atoms with Crippen molar-refractivity contribution in [2.75, 3.05) is 6.61 Å². The van der Waals surface area contributed by atoms with E-state index in [-0.39, 0.29) is 6.61 Å². The molecule has 0 aliphatic carbocycles. The van der Waals surface area contributed by atoms with Crippen molar-refractivity contribution < 1.29 is 24.9 Å². The van der Waals surface area contributed by atoms with Crippen LogP contribution in [0.4, 0.5) is 0 Å². The smallest absolute Gasteiger partial charge is 0.249 e. The van der Waals surface area contributed by atoms with Crippen LogP contribution >= 0.6 is 0 Å². The van der Waals surface area contributed by atoms with Crippen molar-refractivity contribution in [1.29, 1.82) is 0 Å². The fraction of sp³-hybridized carbons (Fsp3) is 0.833. The van der Waals surface area contributed by atoms with E-state index in [1.54, 1.807) is 0 Å². The number of carbonyl (C=O) groups is 1. The second-order valence-corrected chi connectivity index (χ2v) is 2.70. The van der Waals surface area contributed by atoms with Crippen LogP contribution in [-0.2, 0) is 9.53 Å². The predicted molar refractivity (Wildman–Crippen MR) is 37.0 cm³/mol. The van der Waals surface area contributed by atoms with Crippen molar-refractivity contribution in [2.45, 2.75) is 24.4 Å². The lowest BCUT2D eigenvalue weighted by molar-refractivity contribution is -0.190. The van der Waals surface area contributed by atoms with Crippen LogP contribution in [-0.4, -0.2) is 52.2 Å². The number of nitrogens with two attached hydrogens (primary N) is 1. The standard InChI is InChI=1S/C6H11NO5/c7-6(11)5-4(10)3(9)2(8)1-12-5/h2-5,8-10H,1H2,(H2,7,11). The first-order valence-corrected chi connectivity index (χ1v) is 3.49. The van der Waals surface area contributed by atoms with Gasteiger partial charge in [-0.25, -0.2) is 0 Å². The molecule has 0 aromatic rings. The summed E-state index contributed by atoms with van der Waals surface area (Å²) in [5.74, 6) is -0.853. The van der Waals surface area contributed by atoms with E-state index in [9.17, 15) is 4.79 Å². The summed E-state index contributed by atoms with van der Waals surface area (Å²) < 4.78 is 4.70. The van der Waals surface area contributed by atoms with E-state index < -0.39 is 30.3 Å². The van der Waals surface area contributed by atoms with Gasteiger partial charge in [0.1, 0.15) is 18.3 Å². The Labute approximate surface area is 68.6 Å². The second kappa shape index (κ2) is 3.36. The molecule has 0 aromatic carbocycles. The molecule has 0 spiro atoms. The molecule has 70 valence electrons. The summed E-state index contributed by atoms with van der Waals surface area (Å²) in [6.07, 6.45) is -5.23. The number of rotatable bonds is 1. The van der Waals surface area contributed by atoms with E-state index in [1.165, 1.54) is 0 Å². The molecule has 4 atom stereocenters. The van der Waals surface area contributed by atoms with Crippen molar-refractivity contribution in [3.63, 3.8) is 0 Å². The van der Waals surface area contributed by atoms with Gasteiger partial charge in [-0.05, 0) is 0 Å². The molecular formula is C6H11NO5. The van der Waals surface area contributed by atoms with Gasteiger partial charge in [0.2, 0.25) is 5.91 Å². The molecule has 0 bridgehead atoms. The van der Waals surface area contributed by atoms with Crippen LogP contribution in [0.25, 0.3) is 0 Å². The van der Waals surface area contributed by atoms with Gasteiger partial charge >= 0.3 is 0 Å². The highest BCUT2D eigenvalue weighted by atomic mass is 16.5. The molecule has 1 saturated heterocycles. The molecule has 1 rings (SSSR count). The maximum Gasteiger partial charge on any atom is 0.249 e. The molecule has 1 aliphatic rings. The van der Waals surface area contributed by atoms with Crippen LogP contribution in [0.2, 0.25) is 0 Å². The number of aliphatic hydroxyl groups excluding tert-OH is 3. The van der Waals surface area contributed by atoms with Gasteiger partial charge < -0.3 is 25.8 Å². The Morgan fingerprint density at radius 2 is 1.92 bits per heavy atom. The summed E-state index contributed by atoms with van der Waals surface area (Å²) in [6, 6.07) is 0. The highest BCUT2D eigenvalue weighted by Crippen LogP contribution is 2.14. The fourth-order valence-corrected chi connectivity index (χ4v) is 1.06. The van der Waals surface area contributed by atoms with Crippen LogP contribution in [0.5, 0.6) is 0 Å². The van der Waals surface area contributed by atoms with Crippen LogP contribution in [0.15, 0.2) is 0 Å². The zero-order chi connectivity index (χ0) is 9.30. The molecule has 0 aromatic heterocycles. The van der Waals surface area contributed by atoms with Gasteiger partial charge in [0.05, 0.1) is 6.61 Å². The molecule has 5 N–H and O–H groups in total. The molecule has 4 unspecified atom stereocenters. The number of aliphatic hydroxyl groups is 3. The Kier molecular flexibility index (Phi) is 2.63. The third-order valence-corrected chi connectivity index (χ3v) is 1.78. The third-order valence-electron chi connectivity index (χ3n) is 1.78. The molecule has 12 heavy (non-hydrogen) atoms. The summed E-state index contributed by atoms with van der Waals surface area (Å²) in [7, 11) is 0. The number of amides is 1. The average Bonchev–Trinajstić information content (AvgIpc) is 2.00. The summed E-state index contributed by atoms with van der Waals surface area (Å²) in [5, 5.41) is 27.2. The van der Waals surface area contributed by atoms with Crippen molar-refractivity contribution in [2.24, 2.45) is 5.73 Å². The molecule has 0 saturated carbocycles. The minimum absolute atomic E-state index is 0.203. The van der Waals surface area contributed by atoms with E-state index in [0.29, 0.717) is 0 Å². The van der Waals surface area contributed by atoms with E-state index in [4.69, 9.17) is 25.8 Å². The molecule has 1 fully saturated rings. The van der Waals surface area contributed by atoms with Crippen LogP contribution in [0, 0.1) is 0 Å². The third kappa shape index (κ3) is 1.56. The minimum Gasteiger partial charge on any atom is -0.388 e. The first kappa shape index (κ1) is 9.40. The normalized spacial score (nSPS) is 42.6. The number of primary amides is 1. The van der Waals surface area contributed by atoms with Gasteiger partial charge in [-0.1, -0.05) is 0 Å². The molecule has 1 aliphatic heterocycles. The zero-order valence-corrected chi connectivity index (χ0v) is 6.25. The quantitative estimate of drug-likeness (QED) is 0.340. The van der Waals surface area contributed by atoms with Crippen LogP contribution < -0.4 is 5.73 Å². The zero-order valence-electron chi connectivity index (χ0n) is 6.25. The summed E-state index contributed by atoms with van der Waals surface area (Å²) in [4.78, 5) is 10.6. The minimum atomic E-state index is -1.45. The Morgan fingerprint density at radius 3 is 2.42 bits per heavy atom. The van der Waals surface area contributed by atoms with E-state index in [2.05, 4.69) is 0 Å². The molecule has 1 heterocycles. The summed E-state index contributed by atoms with van der Waals surface area (Å²) in [5.41, 5.74) is 4.85. The molecule has 1 amide bonds. The molecule has 6 heteroatoms. The van der Waals surface area contributed by atoms with Crippen molar-refractivity contribution >= 4 is 5.91 Å². The van der Waals surface area contributed by atoms with Crippen LogP contribution in [0.1, 0.15) is 0 Å². The van der Waals surface area contributed by atoms with E-state index >= 15 is 0 Å². The molecular weight excluding hydrogens is 166 g/mol. The van der Waals surface area contributed by atoms with Crippen molar-refractivity contribution in [1.82, 2.24) is 0 Å². The number of hydrogen-bond donors (Lipinski definition) is 4. The maximum absolute atomic E-state index is 10.6. The summed E-state index contributed by atoms with van der Waals surface area (Å²) in [6.45, 7) is -0.203. The molecule has 0 radical (unpaired) electrons. The monoisotopic (exact) mass is 177 g/mol. The Hall–Kier alpha value is -0.690. The van der Waals surface area contributed by atoms with Gasteiger partial charge in [0.15, 0.2) is 6.10 Å². The first-order chi connectivity index (χ1) is 5.54. The lowest BCUT2D eigenvalue weighted by Gasteiger charge is -2.33. The number of hydrogen-bond acceptors (Lipinski definition) is 5. The van der Waals surface area contributed by atoms with Gasteiger partial charge in [-0.15, -0.1) is 0 Å². The Bertz CT molecular complexity index is 185. The first-order valence-electron chi connectivity index (χ1n) is 3.49. The Morgan fingerprint density at radius 1 is 1.33 bits per heavy atom.